The molecule has 0 saturated heterocycles. The van der Waals surface area contributed by atoms with Gasteiger partial charge >= 0.3 is 0 Å². The minimum Gasteiger partial charge on any atom is -0.495 e. The summed E-state index contributed by atoms with van der Waals surface area (Å²) in [4.78, 5) is 24.8. The highest BCUT2D eigenvalue weighted by Crippen LogP contribution is 2.29. The summed E-state index contributed by atoms with van der Waals surface area (Å²) in [5.41, 5.74) is 2.76. The number of ether oxygens (including phenoxy) is 1. The van der Waals surface area contributed by atoms with Gasteiger partial charge < -0.3 is 10.1 Å². The van der Waals surface area contributed by atoms with Gasteiger partial charge in [-0.2, -0.15) is 0 Å². The zero-order valence-corrected chi connectivity index (χ0v) is 13.9. The number of hydrogen-bond acceptors (Lipinski definition) is 5. The normalized spacial score (nSPS) is 13.8. The lowest BCUT2D eigenvalue weighted by atomic mass is 10.00. The number of nitrogens with zero attached hydrogens (tertiary/aromatic N) is 2. The van der Waals surface area contributed by atoms with E-state index in [9.17, 15) is 14.9 Å². The Balaban J connectivity index is 1.67. The van der Waals surface area contributed by atoms with Gasteiger partial charge in [0.15, 0.2) is 0 Å². The molecule has 1 amide bonds. The molecule has 1 aliphatic rings. The van der Waals surface area contributed by atoms with Crippen molar-refractivity contribution in [1.82, 2.24) is 4.90 Å². The zero-order chi connectivity index (χ0) is 17.8. The summed E-state index contributed by atoms with van der Waals surface area (Å²) >= 11 is 0. The summed E-state index contributed by atoms with van der Waals surface area (Å²) < 4.78 is 5.17. The van der Waals surface area contributed by atoms with Crippen molar-refractivity contribution >= 4 is 17.3 Å². The first kappa shape index (κ1) is 16.9. The fourth-order valence-electron chi connectivity index (χ4n) is 2.99. The minimum absolute atomic E-state index is 0.0944. The number of hydrogen-bond donors (Lipinski definition) is 1. The molecule has 7 heteroatoms. The van der Waals surface area contributed by atoms with Crippen LogP contribution in [0, 0.1) is 10.1 Å². The smallest absolute Gasteiger partial charge is 0.271 e. The first-order chi connectivity index (χ1) is 12.1. The summed E-state index contributed by atoms with van der Waals surface area (Å²) in [5, 5.41) is 13.6. The van der Waals surface area contributed by atoms with E-state index in [4.69, 9.17) is 4.74 Å². The fraction of sp³-hybridized carbons (Fsp3) is 0.278. The lowest BCUT2D eigenvalue weighted by Crippen LogP contribution is -2.37. The van der Waals surface area contributed by atoms with Crippen LogP contribution in [0.5, 0.6) is 5.75 Å². The molecule has 0 spiro atoms. The largest absolute Gasteiger partial charge is 0.495 e. The molecule has 0 bridgehead atoms. The molecule has 0 atom stereocenters. The number of nitrogens with one attached hydrogen (secondary N) is 1. The van der Waals surface area contributed by atoms with Crippen LogP contribution >= 0.6 is 0 Å². The van der Waals surface area contributed by atoms with Gasteiger partial charge in [-0.15, -0.1) is 0 Å². The second-order valence-corrected chi connectivity index (χ2v) is 5.92. The van der Waals surface area contributed by atoms with Gasteiger partial charge in [-0.3, -0.25) is 19.8 Å². The number of rotatable bonds is 5. The van der Waals surface area contributed by atoms with E-state index in [1.807, 2.05) is 12.1 Å². The number of carbonyl (C=O) groups is 1. The van der Waals surface area contributed by atoms with Gasteiger partial charge in [-0.25, -0.2) is 0 Å². The maximum atomic E-state index is 12.4. The third-order valence-corrected chi connectivity index (χ3v) is 4.24. The highest BCUT2D eigenvalue weighted by atomic mass is 16.6. The third kappa shape index (κ3) is 3.95. The van der Waals surface area contributed by atoms with Crippen LogP contribution in [0.1, 0.15) is 11.1 Å². The van der Waals surface area contributed by atoms with Crippen molar-refractivity contribution in [1.29, 1.82) is 0 Å². The number of non-ortho nitro benzene ring substituents is 1. The van der Waals surface area contributed by atoms with E-state index < -0.39 is 4.92 Å². The average Bonchev–Trinajstić information content (AvgIpc) is 2.61. The molecule has 0 unspecified atom stereocenters. The van der Waals surface area contributed by atoms with Crippen LogP contribution in [0.2, 0.25) is 0 Å². The van der Waals surface area contributed by atoms with E-state index in [1.54, 1.807) is 0 Å². The third-order valence-electron chi connectivity index (χ3n) is 4.24. The zero-order valence-electron chi connectivity index (χ0n) is 13.9. The summed E-state index contributed by atoms with van der Waals surface area (Å²) in [6, 6.07) is 12.3. The molecule has 0 saturated carbocycles. The van der Waals surface area contributed by atoms with Gasteiger partial charge in [0.2, 0.25) is 5.91 Å². The number of methoxy groups -OCH3 is 1. The number of carbonyl (C=O) groups excluding carboxylic acids is 1. The van der Waals surface area contributed by atoms with Crippen LogP contribution < -0.4 is 10.1 Å². The SMILES string of the molecule is COc1ccc([N+](=O)[O-])cc1NC(=O)CN1CCc2ccccc2C1. The van der Waals surface area contributed by atoms with Gasteiger partial charge in [0.25, 0.3) is 5.69 Å². The molecule has 0 aromatic heterocycles. The summed E-state index contributed by atoms with van der Waals surface area (Å²) in [6.07, 6.45) is 0.906. The van der Waals surface area contributed by atoms with E-state index in [0.717, 1.165) is 19.5 Å². The van der Waals surface area contributed by atoms with Crippen LogP contribution in [0.3, 0.4) is 0 Å². The monoisotopic (exact) mass is 341 g/mol. The Bertz CT molecular complexity index is 807. The predicted octanol–water partition coefficient (Wildman–Crippen LogP) is 2.60. The van der Waals surface area contributed by atoms with Gasteiger partial charge in [0, 0.05) is 25.2 Å². The molecule has 1 N–H and O–H groups in total. The molecule has 1 aliphatic heterocycles. The van der Waals surface area contributed by atoms with Crippen molar-refractivity contribution in [3.8, 4) is 5.75 Å². The van der Waals surface area contributed by atoms with Crippen molar-refractivity contribution in [2.75, 3.05) is 25.5 Å². The van der Waals surface area contributed by atoms with Crippen LogP contribution in [0.15, 0.2) is 42.5 Å². The lowest BCUT2D eigenvalue weighted by Gasteiger charge is -2.28. The molecule has 130 valence electrons. The molecule has 25 heavy (non-hydrogen) atoms. The Morgan fingerprint density at radius 2 is 2.04 bits per heavy atom. The van der Waals surface area contributed by atoms with Gasteiger partial charge in [-0.05, 0) is 23.6 Å². The summed E-state index contributed by atoms with van der Waals surface area (Å²) in [7, 11) is 1.46. The Hall–Kier alpha value is -2.93. The molecule has 3 rings (SSSR count). The highest BCUT2D eigenvalue weighted by Gasteiger charge is 2.19. The van der Waals surface area contributed by atoms with Gasteiger partial charge in [0.1, 0.15) is 5.75 Å². The second kappa shape index (κ2) is 7.31. The number of fused-ring (bicyclic) bond motifs is 1. The first-order valence-corrected chi connectivity index (χ1v) is 7.98. The number of anilines is 1. The van der Waals surface area contributed by atoms with Crippen LogP contribution in [-0.4, -0.2) is 35.9 Å². The van der Waals surface area contributed by atoms with Crippen molar-refractivity contribution in [3.05, 3.63) is 63.7 Å². The molecule has 1 heterocycles. The van der Waals surface area contributed by atoms with E-state index in [1.165, 1.54) is 36.4 Å². The Kier molecular flexibility index (Phi) is 4.95. The van der Waals surface area contributed by atoms with Crippen LogP contribution in [0.25, 0.3) is 0 Å². The topological polar surface area (TPSA) is 84.7 Å². The van der Waals surface area contributed by atoms with Crippen molar-refractivity contribution in [3.63, 3.8) is 0 Å². The first-order valence-electron chi connectivity index (χ1n) is 7.98. The minimum atomic E-state index is -0.503. The fourth-order valence-corrected chi connectivity index (χ4v) is 2.99. The van der Waals surface area contributed by atoms with Crippen LogP contribution in [-0.2, 0) is 17.8 Å². The maximum absolute atomic E-state index is 12.4. The van der Waals surface area contributed by atoms with E-state index in [0.29, 0.717) is 11.4 Å². The summed E-state index contributed by atoms with van der Waals surface area (Å²) in [6.45, 7) is 1.74. The van der Waals surface area contributed by atoms with E-state index in [2.05, 4.69) is 22.3 Å². The second-order valence-electron chi connectivity index (χ2n) is 5.92. The van der Waals surface area contributed by atoms with Crippen molar-refractivity contribution < 1.29 is 14.5 Å². The van der Waals surface area contributed by atoms with Gasteiger partial charge in [0.05, 0.1) is 24.3 Å². The Morgan fingerprint density at radius 1 is 1.28 bits per heavy atom. The Labute approximate surface area is 145 Å². The molecule has 0 fully saturated rings. The maximum Gasteiger partial charge on any atom is 0.271 e. The number of amides is 1. The van der Waals surface area contributed by atoms with Crippen molar-refractivity contribution in [2.45, 2.75) is 13.0 Å². The molecule has 2 aromatic rings. The lowest BCUT2D eigenvalue weighted by molar-refractivity contribution is -0.384. The number of nitro benzene ring substituents is 1. The van der Waals surface area contributed by atoms with E-state index in [-0.39, 0.29) is 18.1 Å². The van der Waals surface area contributed by atoms with E-state index >= 15 is 0 Å². The van der Waals surface area contributed by atoms with Gasteiger partial charge in [-0.1, -0.05) is 24.3 Å². The highest BCUT2D eigenvalue weighted by molar-refractivity contribution is 5.94. The molecular formula is C18H19N3O4. The molecule has 7 nitrogen and oxygen atoms in total. The molecular weight excluding hydrogens is 322 g/mol. The van der Waals surface area contributed by atoms with Crippen molar-refractivity contribution in [2.24, 2.45) is 0 Å². The molecule has 0 radical (unpaired) electrons. The molecule has 0 aliphatic carbocycles. The average molecular weight is 341 g/mol. The number of benzene rings is 2. The van der Waals surface area contributed by atoms with Crippen LogP contribution in [0.4, 0.5) is 11.4 Å². The summed E-state index contributed by atoms with van der Waals surface area (Å²) in [5.74, 6) is 0.168. The number of nitro groups is 1. The Morgan fingerprint density at radius 3 is 2.76 bits per heavy atom. The molecule has 2 aromatic carbocycles. The quantitative estimate of drug-likeness (QED) is 0.667. The standard InChI is InChI=1S/C18H19N3O4/c1-25-17-7-6-15(21(23)24)10-16(17)19-18(22)12-20-9-8-13-4-2-3-5-14(13)11-20/h2-7,10H,8-9,11-12H2,1H3,(H,19,22). The predicted molar refractivity (Wildman–Crippen MR) is 93.7 cm³/mol.